The van der Waals surface area contributed by atoms with Gasteiger partial charge in [-0.1, -0.05) is 0 Å². The molecule has 0 saturated heterocycles. The number of carbonyl (C=O) groups is 1. The fourth-order valence-corrected chi connectivity index (χ4v) is 1.32. The number of hydrogen-bond donors (Lipinski definition) is 0. The lowest BCUT2D eigenvalue weighted by Gasteiger charge is -2.11. The Hall–Kier alpha value is -2.57. The molecular formula is C13H17N3O4. The molecule has 0 aliphatic rings. The molecule has 1 amide bonds. The van der Waals surface area contributed by atoms with E-state index in [0.29, 0.717) is 5.56 Å². The van der Waals surface area contributed by atoms with Gasteiger partial charge in [-0.3, -0.25) is 10.1 Å². The molecule has 0 fully saturated rings. The standard InChI is InChI=1S/C13H17N3O4/c1-14(2)8-7-10-9-11(20-13(17)15(3)4)5-6-12(10)16(18)19/h5-9H,1-4H3/b8-7+. The number of carbonyl (C=O) groups excluding carboxylic acids is 1. The maximum absolute atomic E-state index is 11.5. The smallest absolute Gasteiger partial charge is 0.410 e. The summed E-state index contributed by atoms with van der Waals surface area (Å²) >= 11 is 0. The second-order valence-corrected chi connectivity index (χ2v) is 4.52. The van der Waals surface area contributed by atoms with Crippen LogP contribution < -0.4 is 4.74 Å². The molecule has 0 aliphatic heterocycles. The molecule has 108 valence electrons. The number of nitro benzene ring substituents is 1. The van der Waals surface area contributed by atoms with E-state index >= 15 is 0 Å². The van der Waals surface area contributed by atoms with Crippen LogP contribution in [-0.2, 0) is 0 Å². The van der Waals surface area contributed by atoms with E-state index in [1.165, 1.54) is 23.1 Å². The predicted octanol–water partition coefficient (Wildman–Crippen LogP) is 2.19. The van der Waals surface area contributed by atoms with Crippen LogP contribution in [0.3, 0.4) is 0 Å². The Balaban J connectivity index is 3.10. The van der Waals surface area contributed by atoms with Crippen molar-refractivity contribution in [2.24, 2.45) is 0 Å². The third kappa shape index (κ3) is 4.27. The van der Waals surface area contributed by atoms with Gasteiger partial charge in [0.15, 0.2) is 0 Å². The highest BCUT2D eigenvalue weighted by Gasteiger charge is 2.14. The summed E-state index contributed by atoms with van der Waals surface area (Å²) in [6.07, 6.45) is 2.73. The third-order valence-corrected chi connectivity index (χ3v) is 2.32. The van der Waals surface area contributed by atoms with Crippen LogP contribution >= 0.6 is 0 Å². The van der Waals surface area contributed by atoms with Gasteiger partial charge in [0.25, 0.3) is 5.69 Å². The number of amides is 1. The van der Waals surface area contributed by atoms with Crippen molar-refractivity contribution in [1.29, 1.82) is 0 Å². The number of hydrogen-bond acceptors (Lipinski definition) is 5. The first kappa shape index (κ1) is 15.5. The maximum atomic E-state index is 11.5. The normalized spacial score (nSPS) is 10.4. The summed E-state index contributed by atoms with van der Waals surface area (Å²) < 4.78 is 5.07. The number of nitro groups is 1. The second-order valence-electron chi connectivity index (χ2n) is 4.52. The van der Waals surface area contributed by atoms with Gasteiger partial charge in [0.05, 0.1) is 10.5 Å². The highest BCUT2D eigenvalue weighted by atomic mass is 16.6. The molecule has 0 saturated carbocycles. The van der Waals surface area contributed by atoms with Gasteiger partial charge in [-0.25, -0.2) is 4.79 Å². The molecule has 1 aromatic rings. The van der Waals surface area contributed by atoms with E-state index < -0.39 is 11.0 Å². The van der Waals surface area contributed by atoms with Crippen molar-refractivity contribution in [3.8, 4) is 5.75 Å². The van der Waals surface area contributed by atoms with E-state index in [-0.39, 0.29) is 11.4 Å². The monoisotopic (exact) mass is 279 g/mol. The van der Waals surface area contributed by atoms with Crippen molar-refractivity contribution in [1.82, 2.24) is 9.80 Å². The van der Waals surface area contributed by atoms with E-state index in [4.69, 9.17) is 4.74 Å². The second kappa shape index (κ2) is 6.55. The van der Waals surface area contributed by atoms with E-state index in [9.17, 15) is 14.9 Å². The SMILES string of the molecule is CN(C)/C=C/c1cc(OC(=O)N(C)C)ccc1[N+](=O)[O-]. The van der Waals surface area contributed by atoms with Gasteiger partial charge in [-0.2, -0.15) is 0 Å². The van der Waals surface area contributed by atoms with Crippen molar-refractivity contribution in [2.75, 3.05) is 28.2 Å². The summed E-state index contributed by atoms with van der Waals surface area (Å²) in [6.45, 7) is 0. The molecule has 7 nitrogen and oxygen atoms in total. The molecule has 0 N–H and O–H groups in total. The predicted molar refractivity (Wildman–Crippen MR) is 75.5 cm³/mol. The van der Waals surface area contributed by atoms with Gasteiger partial charge < -0.3 is 14.5 Å². The summed E-state index contributed by atoms with van der Waals surface area (Å²) in [6, 6.07) is 4.17. The van der Waals surface area contributed by atoms with Crippen LogP contribution in [-0.4, -0.2) is 49.0 Å². The third-order valence-electron chi connectivity index (χ3n) is 2.32. The van der Waals surface area contributed by atoms with Crippen molar-refractivity contribution < 1.29 is 14.5 Å². The Labute approximate surface area is 117 Å². The van der Waals surface area contributed by atoms with E-state index in [1.54, 1.807) is 45.4 Å². The summed E-state index contributed by atoms with van der Waals surface area (Å²) in [5.41, 5.74) is 0.320. The minimum atomic E-state index is -0.540. The summed E-state index contributed by atoms with van der Waals surface area (Å²) in [5, 5.41) is 11.0. The summed E-state index contributed by atoms with van der Waals surface area (Å²) in [5.74, 6) is 0.257. The van der Waals surface area contributed by atoms with Crippen molar-refractivity contribution in [3.63, 3.8) is 0 Å². The molecule has 1 aromatic carbocycles. The van der Waals surface area contributed by atoms with E-state index in [1.807, 2.05) is 0 Å². The highest BCUT2D eigenvalue weighted by Crippen LogP contribution is 2.25. The number of rotatable bonds is 4. The first-order valence-electron chi connectivity index (χ1n) is 5.83. The molecule has 0 spiro atoms. The molecule has 0 atom stereocenters. The number of ether oxygens (including phenoxy) is 1. The van der Waals surface area contributed by atoms with Gasteiger partial charge >= 0.3 is 6.09 Å². The van der Waals surface area contributed by atoms with Gasteiger partial charge in [0.1, 0.15) is 5.75 Å². The van der Waals surface area contributed by atoms with Crippen LogP contribution in [0.1, 0.15) is 5.56 Å². The van der Waals surface area contributed by atoms with Gasteiger partial charge in [0.2, 0.25) is 0 Å². The zero-order valence-corrected chi connectivity index (χ0v) is 11.9. The average molecular weight is 279 g/mol. The number of benzene rings is 1. The molecule has 0 aromatic heterocycles. The van der Waals surface area contributed by atoms with Crippen molar-refractivity contribution in [2.45, 2.75) is 0 Å². The highest BCUT2D eigenvalue weighted by molar-refractivity contribution is 5.71. The largest absolute Gasteiger partial charge is 0.414 e. The lowest BCUT2D eigenvalue weighted by atomic mass is 10.1. The van der Waals surface area contributed by atoms with Crippen LogP contribution in [0.15, 0.2) is 24.4 Å². The quantitative estimate of drug-likeness (QED) is 0.623. The van der Waals surface area contributed by atoms with Crippen LogP contribution in [0.2, 0.25) is 0 Å². The summed E-state index contributed by atoms with van der Waals surface area (Å²) in [7, 11) is 6.72. The average Bonchev–Trinajstić information content (AvgIpc) is 2.35. The molecule has 0 heterocycles. The van der Waals surface area contributed by atoms with Crippen LogP contribution in [0.5, 0.6) is 5.75 Å². The molecule has 0 bridgehead atoms. The number of nitrogens with zero attached hydrogens (tertiary/aromatic N) is 3. The van der Waals surface area contributed by atoms with Gasteiger partial charge in [-0.15, -0.1) is 0 Å². The van der Waals surface area contributed by atoms with Crippen LogP contribution in [0.4, 0.5) is 10.5 Å². The molecule has 1 rings (SSSR count). The lowest BCUT2D eigenvalue weighted by Crippen LogP contribution is -2.25. The van der Waals surface area contributed by atoms with E-state index in [2.05, 4.69) is 0 Å². The zero-order chi connectivity index (χ0) is 15.3. The fraction of sp³-hybridized carbons (Fsp3) is 0.308. The molecular weight excluding hydrogens is 262 g/mol. The van der Waals surface area contributed by atoms with Gasteiger partial charge in [0, 0.05) is 34.3 Å². The molecule has 20 heavy (non-hydrogen) atoms. The molecule has 7 heteroatoms. The first-order valence-corrected chi connectivity index (χ1v) is 5.83. The van der Waals surface area contributed by atoms with Crippen LogP contribution in [0.25, 0.3) is 6.08 Å². The molecule has 0 aliphatic carbocycles. The molecule has 0 unspecified atom stereocenters. The lowest BCUT2D eigenvalue weighted by molar-refractivity contribution is -0.385. The Kier molecular flexibility index (Phi) is 5.08. The molecule has 0 radical (unpaired) electrons. The summed E-state index contributed by atoms with van der Waals surface area (Å²) in [4.78, 5) is 24.9. The van der Waals surface area contributed by atoms with Gasteiger partial charge in [-0.05, 0) is 24.4 Å². The van der Waals surface area contributed by atoms with Crippen molar-refractivity contribution in [3.05, 3.63) is 40.1 Å². The first-order chi connectivity index (χ1) is 9.31. The van der Waals surface area contributed by atoms with E-state index in [0.717, 1.165) is 0 Å². The zero-order valence-electron chi connectivity index (χ0n) is 11.9. The Morgan fingerprint density at radius 2 is 1.95 bits per heavy atom. The maximum Gasteiger partial charge on any atom is 0.414 e. The minimum absolute atomic E-state index is 0.0484. The Bertz CT molecular complexity index is 538. The van der Waals surface area contributed by atoms with Crippen LogP contribution in [0, 0.1) is 10.1 Å². The Morgan fingerprint density at radius 3 is 2.45 bits per heavy atom. The topological polar surface area (TPSA) is 75.9 Å². The minimum Gasteiger partial charge on any atom is -0.410 e. The van der Waals surface area contributed by atoms with Crippen molar-refractivity contribution >= 4 is 17.9 Å². The fourth-order valence-electron chi connectivity index (χ4n) is 1.32. The Morgan fingerprint density at radius 1 is 1.30 bits per heavy atom.